The Kier molecular flexibility index (Phi) is 6.23. The van der Waals surface area contributed by atoms with Gasteiger partial charge in [0.1, 0.15) is 0 Å². The zero-order valence-corrected chi connectivity index (χ0v) is 13.6. The van der Waals surface area contributed by atoms with Crippen LogP contribution in [0.5, 0.6) is 0 Å². The van der Waals surface area contributed by atoms with Gasteiger partial charge in [0.15, 0.2) is 0 Å². The van der Waals surface area contributed by atoms with Crippen LogP contribution in [0.4, 0.5) is 0 Å². The number of hydrogen-bond donors (Lipinski definition) is 0. The Morgan fingerprint density at radius 3 is 2.16 bits per heavy atom. The van der Waals surface area contributed by atoms with E-state index in [4.69, 9.17) is 0 Å². The molecular weight excluding hydrogens is 228 g/mol. The SMILES string of the molecule is CCCCCC(C)C1(C2CCCCC2)CCCCC1. The summed E-state index contributed by atoms with van der Waals surface area (Å²) in [6.07, 6.45) is 21.1. The monoisotopic (exact) mass is 264 g/mol. The van der Waals surface area contributed by atoms with E-state index in [9.17, 15) is 0 Å². The highest BCUT2D eigenvalue weighted by Crippen LogP contribution is 2.54. The van der Waals surface area contributed by atoms with E-state index >= 15 is 0 Å². The molecule has 0 aromatic heterocycles. The second-order valence-electron chi connectivity index (χ2n) is 7.53. The maximum absolute atomic E-state index is 2.61. The summed E-state index contributed by atoms with van der Waals surface area (Å²) in [4.78, 5) is 0. The van der Waals surface area contributed by atoms with Crippen molar-refractivity contribution in [3.63, 3.8) is 0 Å². The molecule has 2 aliphatic rings. The van der Waals surface area contributed by atoms with Crippen molar-refractivity contribution in [1.29, 1.82) is 0 Å². The normalized spacial score (nSPS) is 26.2. The summed E-state index contributed by atoms with van der Waals surface area (Å²) in [5, 5.41) is 0. The molecule has 0 aromatic rings. The van der Waals surface area contributed by atoms with Crippen molar-refractivity contribution in [2.24, 2.45) is 17.3 Å². The van der Waals surface area contributed by atoms with Crippen LogP contribution in [0.1, 0.15) is 104 Å². The third-order valence-corrected chi connectivity index (χ3v) is 6.42. The van der Waals surface area contributed by atoms with Gasteiger partial charge in [-0.15, -0.1) is 0 Å². The van der Waals surface area contributed by atoms with Gasteiger partial charge in [-0.2, -0.15) is 0 Å². The Balaban J connectivity index is 2.00. The van der Waals surface area contributed by atoms with E-state index in [1.165, 1.54) is 64.2 Å². The van der Waals surface area contributed by atoms with Crippen LogP contribution in [0, 0.1) is 17.3 Å². The highest BCUT2D eigenvalue weighted by Gasteiger charge is 2.43. The molecule has 0 amide bonds. The minimum Gasteiger partial charge on any atom is -0.0654 e. The summed E-state index contributed by atoms with van der Waals surface area (Å²) in [6.45, 7) is 4.94. The fraction of sp³-hybridized carbons (Fsp3) is 1.00. The molecule has 2 fully saturated rings. The summed E-state index contributed by atoms with van der Waals surface area (Å²) in [6, 6.07) is 0. The van der Waals surface area contributed by atoms with Crippen LogP contribution < -0.4 is 0 Å². The summed E-state index contributed by atoms with van der Waals surface area (Å²) >= 11 is 0. The van der Waals surface area contributed by atoms with Crippen molar-refractivity contribution in [3.8, 4) is 0 Å². The van der Waals surface area contributed by atoms with Crippen molar-refractivity contribution in [2.45, 2.75) is 104 Å². The highest BCUT2D eigenvalue weighted by atomic mass is 14.5. The minimum absolute atomic E-state index is 0.756. The van der Waals surface area contributed by atoms with Crippen molar-refractivity contribution in [2.75, 3.05) is 0 Å². The maximum atomic E-state index is 2.61. The van der Waals surface area contributed by atoms with Crippen LogP contribution in [0.2, 0.25) is 0 Å². The van der Waals surface area contributed by atoms with Crippen LogP contribution in [0.25, 0.3) is 0 Å². The van der Waals surface area contributed by atoms with E-state index in [1.54, 1.807) is 25.7 Å². The van der Waals surface area contributed by atoms with Gasteiger partial charge in [-0.05, 0) is 42.9 Å². The molecule has 1 atom stereocenters. The zero-order chi connectivity index (χ0) is 13.6. The lowest BCUT2D eigenvalue weighted by Gasteiger charge is -2.50. The fourth-order valence-electron chi connectivity index (χ4n) is 5.18. The lowest BCUT2D eigenvalue weighted by Crippen LogP contribution is -2.40. The van der Waals surface area contributed by atoms with Crippen molar-refractivity contribution < 1.29 is 0 Å². The number of hydrogen-bond acceptors (Lipinski definition) is 0. The van der Waals surface area contributed by atoms with E-state index in [0.717, 1.165) is 17.3 Å². The van der Waals surface area contributed by atoms with E-state index in [2.05, 4.69) is 13.8 Å². The molecule has 0 aliphatic heterocycles. The Morgan fingerprint density at radius 2 is 1.53 bits per heavy atom. The first-order chi connectivity index (χ1) is 9.29. The van der Waals surface area contributed by atoms with Gasteiger partial charge in [-0.3, -0.25) is 0 Å². The standard InChI is InChI=1S/C19H36/c1-3-4-7-12-17(2)19(15-10-6-11-16-19)18-13-8-5-9-14-18/h17-18H,3-16H2,1-2H3. The van der Waals surface area contributed by atoms with Crippen molar-refractivity contribution in [1.82, 2.24) is 0 Å². The molecule has 1 unspecified atom stereocenters. The van der Waals surface area contributed by atoms with Gasteiger partial charge < -0.3 is 0 Å². The van der Waals surface area contributed by atoms with E-state index < -0.39 is 0 Å². The molecule has 2 rings (SSSR count). The molecule has 0 heterocycles. The van der Waals surface area contributed by atoms with E-state index in [-0.39, 0.29) is 0 Å². The molecule has 19 heavy (non-hydrogen) atoms. The lowest BCUT2D eigenvalue weighted by atomic mass is 9.55. The van der Waals surface area contributed by atoms with Gasteiger partial charge in [-0.1, -0.05) is 78.1 Å². The average molecular weight is 264 g/mol. The highest BCUT2D eigenvalue weighted by molar-refractivity contribution is 4.93. The number of rotatable bonds is 6. The Hall–Kier alpha value is 0. The van der Waals surface area contributed by atoms with Crippen LogP contribution in [-0.2, 0) is 0 Å². The van der Waals surface area contributed by atoms with Crippen molar-refractivity contribution >= 4 is 0 Å². The third-order valence-electron chi connectivity index (χ3n) is 6.42. The largest absolute Gasteiger partial charge is 0.0654 e. The van der Waals surface area contributed by atoms with Crippen molar-refractivity contribution in [3.05, 3.63) is 0 Å². The Bertz CT molecular complexity index is 230. The van der Waals surface area contributed by atoms with Gasteiger partial charge in [-0.25, -0.2) is 0 Å². The summed E-state index contributed by atoms with van der Waals surface area (Å²) in [5.74, 6) is 2.07. The second-order valence-corrected chi connectivity index (χ2v) is 7.53. The van der Waals surface area contributed by atoms with Crippen LogP contribution in [0.3, 0.4) is 0 Å². The maximum Gasteiger partial charge on any atom is -0.0243 e. The molecule has 0 N–H and O–H groups in total. The van der Waals surface area contributed by atoms with Gasteiger partial charge >= 0.3 is 0 Å². The molecule has 0 heteroatoms. The fourth-order valence-corrected chi connectivity index (χ4v) is 5.18. The quantitative estimate of drug-likeness (QED) is 0.466. The average Bonchev–Trinajstić information content (AvgIpc) is 2.49. The zero-order valence-electron chi connectivity index (χ0n) is 13.6. The molecule has 0 nitrogen and oxygen atoms in total. The van der Waals surface area contributed by atoms with Gasteiger partial charge in [0.05, 0.1) is 0 Å². The molecule has 0 radical (unpaired) electrons. The summed E-state index contributed by atoms with van der Waals surface area (Å²) in [5.41, 5.74) is 0.756. The van der Waals surface area contributed by atoms with Gasteiger partial charge in [0.2, 0.25) is 0 Å². The second kappa shape index (κ2) is 7.70. The third kappa shape index (κ3) is 3.76. The number of unbranched alkanes of at least 4 members (excludes halogenated alkanes) is 2. The van der Waals surface area contributed by atoms with Crippen LogP contribution in [0.15, 0.2) is 0 Å². The topological polar surface area (TPSA) is 0 Å². The molecule has 2 aliphatic carbocycles. The van der Waals surface area contributed by atoms with Gasteiger partial charge in [0, 0.05) is 0 Å². The predicted molar refractivity (Wildman–Crippen MR) is 85.4 cm³/mol. The minimum atomic E-state index is 0.756. The van der Waals surface area contributed by atoms with E-state index in [1.807, 2.05) is 0 Å². The first-order valence-electron chi connectivity index (χ1n) is 9.29. The molecule has 0 saturated heterocycles. The van der Waals surface area contributed by atoms with Crippen LogP contribution >= 0.6 is 0 Å². The van der Waals surface area contributed by atoms with E-state index in [0.29, 0.717) is 0 Å². The molecule has 0 spiro atoms. The van der Waals surface area contributed by atoms with Gasteiger partial charge in [0.25, 0.3) is 0 Å². The smallest absolute Gasteiger partial charge is 0.0243 e. The predicted octanol–water partition coefficient (Wildman–Crippen LogP) is 6.73. The first kappa shape index (κ1) is 15.4. The van der Waals surface area contributed by atoms with Crippen LogP contribution in [-0.4, -0.2) is 0 Å². The first-order valence-corrected chi connectivity index (χ1v) is 9.29. The Labute approximate surface area is 121 Å². The molecular formula is C19H36. The summed E-state index contributed by atoms with van der Waals surface area (Å²) < 4.78 is 0. The molecule has 0 aromatic carbocycles. The lowest BCUT2D eigenvalue weighted by molar-refractivity contribution is 0.00676. The summed E-state index contributed by atoms with van der Waals surface area (Å²) in [7, 11) is 0. The molecule has 112 valence electrons. The molecule has 0 bridgehead atoms. The molecule has 2 saturated carbocycles. The Morgan fingerprint density at radius 1 is 0.895 bits per heavy atom.